The molecule has 3 heteroatoms. The molecule has 2 heterocycles. The van der Waals surface area contributed by atoms with E-state index in [0.29, 0.717) is 0 Å². The third kappa shape index (κ3) is 6.77. The predicted octanol–water partition coefficient (Wildman–Crippen LogP) is 19.2. The molecule has 1 aliphatic heterocycles. The topological polar surface area (TPSA) is 20.2 Å². The largest absolute Gasteiger partial charge is 0.361 e. The molecule has 4 aliphatic rings. The summed E-state index contributed by atoms with van der Waals surface area (Å²) in [4.78, 5) is 2.31. The van der Waals surface area contributed by atoms with Crippen LogP contribution < -0.4 is 10.2 Å². The van der Waals surface area contributed by atoms with E-state index in [2.05, 4.69) is 290 Å². The van der Waals surface area contributed by atoms with Crippen LogP contribution in [0.5, 0.6) is 0 Å². The average Bonchev–Trinajstić information content (AvgIpc) is 3.35. The monoisotopic (exact) mass is 997 g/mol. The molecule has 0 atom stereocenters. The molecular formula is C75H55N3. The summed E-state index contributed by atoms with van der Waals surface area (Å²) in [5.74, 6) is 0. The van der Waals surface area contributed by atoms with Crippen LogP contribution in [0.4, 0.5) is 17.1 Å². The Labute approximate surface area is 456 Å². The summed E-state index contributed by atoms with van der Waals surface area (Å²) < 4.78 is 2.48. The molecule has 3 aliphatic carbocycles. The maximum absolute atomic E-state index is 3.47. The number of nitrogens with one attached hydrogen (secondary N) is 1. The third-order valence-corrected chi connectivity index (χ3v) is 17.3. The normalized spacial score (nSPS) is 15.5. The zero-order chi connectivity index (χ0) is 52.1. The fourth-order valence-corrected chi connectivity index (χ4v) is 13.7. The number of aromatic nitrogens is 1. The van der Waals surface area contributed by atoms with E-state index in [4.69, 9.17) is 0 Å². The Morgan fingerprint density at radius 1 is 0.372 bits per heavy atom. The molecule has 12 aromatic rings. The van der Waals surface area contributed by atoms with E-state index in [1.54, 1.807) is 0 Å². The van der Waals surface area contributed by atoms with Crippen molar-refractivity contribution < 1.29 is 0 Å². The molecule has 3 nitrogen and oxygen atoms in total. The lowest BCUT2D eigenvalue weighted by atomic mass is 9.70. The van der Waals surface area contributed by atoms with Crippen molar-refractivity contribution in [3.05, 3.63) is 306 Å². The van der Waals surface area contributed by atoms with Crippen LogP contribution in [-0.2, 0) is 10.8 Å². The fourth-order valence-electron chi connectivity index (χ4n) is 13.7. The maximum Gasteiger partial charge on any atom is 0.0725 e. The maximum atomic E-state index is 3.47. The molecular weight excluding hydrogens is 943 g/mol. The molecule has 78 heavy (non-hydrogen) atoms. The highest BCUT2D eigenvalue weighted by Gasteiger charge is 2.51. The van der Waals surface area contributed by atoms with Crippen LogP contribution in [0.15, 0.2) is 267 Å². The SMILES string of the molecule is CN(c1ccc2c(c1)\C=C/C=C\C=C\Nc1ccccc1-2)c1ccc2c3cc4ccccc4cc3n(-c3ccc4c(c3)C(C)(C)c3ccccc3-4)c2c1.c1ccc2c(c1)-c1ccccc1C21c2ccccc2-c2ccccc21. The van der Waals surface area contributed by atoms with Crippen molar-refractivity contribution in [3.63, 3.8) is 0 Å². The molecule has 0 saturated carbocycles. The van der Waals surface area contributed by atoms with Crippen molar-refractivity contribution >= 4 is 55.7 Å². The molecule has 0 unspecified atom stereocenters. The van der Waals surface area contributed by atoms with Crippen LogP contribution >= 0.6 is 0 Å². The Bertz CT molecular complexity index is 4350. The smallest absolute Gasteiger partial charge is 0.0725 e. The number of hydrogen-bond acceptors (Lipinski definition) is 2. The van der Waals surface area contributed by atoms with Crippen LogP contribution in [0.3, 0.4) is 0 Å². The van der Waals surface area contributed by atoms with Crippen LogP contribution in [0.2, 0.25) is 0 Å². The van der Waals surface area contributed by atoms with E-state index in [0.717, 1.165) is 17.1 Å². The summed E-state index contributed by atoms with van der Waals surface area (Å²) >= 11 is 0. The van der Waals surface area contributed by atoms with Gasteiger partial charge in [-0.15, -0.1) is 0 Å². The zero-order valence-corrected chi connectivity index (χ0v) is 43.9. The van der Waals surface area contributed by atoms with Crippen LogP contribution in [0.1, 0.15) is 52.8 Å². The van der Waals surface area contributed by atoms with Gasteiger partial charge in [-0.25, -0.2) is 0 Å². The van der Waals surface area contributed by atoms with Crippen molar-refractivity contribution in [1.82, 2.24) is 4.57 Å². The van der Waals surface area contributed by atoms with Gasteiger partial charge in [0.25, 0.3) is 0 Å². The van der Waals surface area contributed by atoms with Gasteiger partial charge < -0.3 is 14.8 Å². The number of rotatable bonds is 3. The second-order valence-electron chi connectivity index (χ2n) is 21.7. The highest BCUT2D eigenvalue weighted by Crippen LogP contribution is 2.62. The molecule has 370 valence electrons. The van der Waals surface area contributed by atoms with E-state index >= 15 is 0 Å². The highest BCUT2D eigenvalue weighted by atomic mass is 15.1. The first-order valence-corrected chi connectivity index (χ1v) is 27.2. The van der Waals surface area contributed by atoms with Gasteiger partial charge in [0.1, 0.15) is 0 Å². The molecule has 1 spiro atoms. The Balaban J connectivity index is 0.000000175. The fraction of sp³-hybridized carbons (Fsp3) is 0.0667. The van der Waals surface area contributed by atoms with Gasteiger partial charge in [-0.2, -0.15) is 0 Å². The van der Waals surface area contributed by atoms with Gasteiger partial charge in [0.15, 0.2) is 0 Å². The summed E-state index contributed by atoms with van der Waals surface area (Å²) in [5.41, 5.74) is 26.7. The minimum atomic E-state index is -0.180. The first-order valence-electron chi connectivity index (χ1n) is 27.2. The number of allylic oxidation sites excluding steroid dienone is 4. The summed E-state index contributed by atoms with van der Waals surface area (Å²) in [6, 6.07) is 87.3. The standard InChI is InChI=1S/C50H39N3.C25H16/c1-50(2)45-19-11-9-17-40(45)41-25-23-38(31-46(41)50)53-48-30-34-15-8-7-14-33(34)29-44(48)43-26-22-37(32-49(43)53)52(3)36-21-24-39-35(28-36)16-6-4-5-13-27-51-47-20-12-10-18-42(39)47;1-5-13-21-17(9-1)18-10-2-6-14-22(18)25(21)23-15-7-3-11-19(23)20-12-4-8-16-24(20)25/h4-32,51H,1-3H3;1-16H/b5-4-,16-6-,27-13+;. The minimum absolute atomic E-state index is 0.0856. The lowest BCUT2D eigenvalue weighted by Crippen LogP contribution is -2.25. The third-order valence-electron chi connectivity index (χ3n) is 17.3. The van der Waals surface area contributed by atoms with Gasteiger partial charge in [0.05, 0.1) is 16.4 Å². The quantitative estimate of drug-likeness (QED) is 0.190. The summed E-state index contributed by atoms with van der Waals surface area (Å²) in [5, 5.41) is 8.48. The molecule has 0 fully saturated rings. The summed E-state index contributed by atoms with van der Waals surface area (Å²) in [6.07, 6.45) is 12.5. The van der Waals surface area contributed by atoms with Crippen molar-refractivity contribution in [3.8, 4) is 50.2 Å². The Morgan fingerprint density at radius 3 is 1.51 bits per heavy atom. The zero-order valence-electron chi connectivity index (χ0n) is 43.9. The van der Waals surface area contributed by atoms with E-state index in [1.165, 1.54) is 122 Å². The molecule has 16 rings (SSSR count). The number of fused-ring (bicyclic) bond motifs is 20. The van der Waals surface area contributed by atoms with Crippen molar-refractivity contribution in [1.29, 1.82) is 0 Å². The predicted molar refractivity (Wildman–Crippen MR) is 329 cm³/mol. The number of anilines is 3. The lowest BCUT2D eigenvalue weighted by Gasteiger charge is -2.30. The Hall–Kier alpha value is -9.70. The Kier molecular flexibility index (Phi) is 10.4. The van der Waals surface area contributed by atoms with E-state index < -0.39 is 0 Å². The van der Waals surface area contributed by atoms with Gasteiger partial charge in [-0.05, 0) is 149 Å². The number of nitrogens with zero attached hydrogens (tertiary/aromatic N) is 2. The highest BCUT2D eigenvalue weighted by molar-refractivity contribution is 6.14. The molecule has 1 N–H and O–H groups in total. The Morgan fingerprint density at radius 2 is 0.859 bits per heavy atom. The second kappa shape index (κ2) is 17.7. The lowest BCUT2D eigenvalue weighted by molar-refractivity contribution is 0.660. The van der Waals surface area contributed by atoms with Crippen molar-refractivity contribution in [2.24, 2.45) is 0 Å². The van der Waals surface area contributed by atoms with E-state index in [1.807, 2.05) is 18.4 Å². The second-order valence-corrected chi connectivity index (χ2v) is 21.7. The minimum Gasteiger partial charge on any atom is -0.361 e. The number of para-hydroxylation sites is 1. The molecule has 0 bridgehead atoms. The van der Waals surface area contributed by atoms with Gasteiger partial charge in [-0.1, -0.05) is 220 Å². The van der Waals surface area contributed by atoms with Gasteiger partial charge >= 0.3 is 0 Å². The molecule has 11 aromatic carbocycles. The summed E-state index contributed by atoms with van der Waals surface area (Å²) in [6.45, 7) is 4.72. The average molecular weight is 998 g/mol. The van der Waals surface area contributed by atoms with Crippen molar-refractivity contribution in [2.75, 3.05) is 17.3 Å². The van der Waals surface area contributed by atoms with Crippen LogP contribution in [0, 0.1) is 0 Å². The van der Waals surface area contributed by atoms with Crippen LogP contribution in [0.25, 0.3) is 88.8 Å². The van der Waals surface area contributed by atoms with Gasteiger partial charge in [0.2, 0.25) is 0 Å². The van der Waals surface area contributed by atoms with Crippen LogP contribution in [-0.4, -0.2) is 11.6 Å². The van der Waals surface area contributed by atoms with Gasteiger partial charge in [-0.3, -0.25) is 0 Å². The summed E-state index contributed by atoms with van der Waals surface area (Å²) in [7, 11) is 2.17. The molecule has 0 saturated heterocycles. The number of benzene rings is 11. The van der Waals surface area contributed by atoms with E-state index in [9.17, 15) is 0 Å². The molecule has 1 aromatic heterocycles. The first kappa shape index (κ1) is 45.7. The number of hydrogen-bond donors (Lipinski definition) is 1. The van der Waals surface area contributed by atoms with Gasteiger partial charge in [0, 0.05) is 57.7 Å². The molecule has 0 amide bonds. The van der Waals surface area contributed by atoms with E-state index in [-0.39, 0.29) is 10.8 Å². The first-order chi connectivity index (χ1) is 38.4. The van der Waals surface area contributed by atoms with Crippen molar-refractivity contribution in [2.45, 2.75) is 24.7 Å². The molecule has 0 radical (unpaired) electrons.